The van der Waals surface area contributed by atoms with Gasteiger partial charge in [0.2, 0.25) is 0 Å². The molecule has 0 bridgehead atoms. The lowest BCUT2D eigenvalue weighted by Crippen LogP contribution is -2.37. The zero-order valence-corrected chi connectivity index (χ0v) is 12.2. The molecule has 0 spiro atoms. The highest BCUT2D eigenvalue weighted by Gasteiger charge is 2.19. The molecule has 0 aliphatic carbocycles. The number of rotatable bonds is 5. The maximum absolute atomic E-state index is 10.9. The van der Waals surface area contributed by atoms with Crippen molar-refractivity contribution in [2.45, 2.75) is 31.6 Å². The van der Waals surface area contributed by atoms with Gasteiger partial charge < -0.3 is 5.11 Å². The summed E-state index contributed by atoms with van der Waals surface area (Å²) < 4.78 is 0. The second-order valence-electron chi connectivity index (χ2n) is 4.98. The molecule has 1 aliphatic rings. The van der Waals surface area contributed by atoms with Gasteiger partial charge >= 0.3 is 5.97 Å². The van der Waals surface area contributed by atoms with E-state index in [4.69, 9.17) is 5.11 Å². The van der Waals surface area contributed by atoms with E-state index in [1.165, 1.54) is 12.2 Å². The van der Waals surface area contributed by atoms with Crippen molar-refractivity contribution in [3.05, 3.63) is 35.4 Å². The van der Waals surface area contributed by atoms with Gasteiger partial charge in [-0.05, 0) is 17.5 Å². The van der Waals surface area contributed by atoms with Gasteiger partial charge in [-0.15, -0.1) is 0 Å². The molecule has 4 heteroatoms. The summed E-state index contributed by atoms with van der Waals surface area (Å²) in [5.41, 5.74) is 2.10. The fourth-order valence-corrected chi connectivity index (χ4v) is 3.71. The minimum atomic E-state index is -0.756. The molecule has 1 aliphatic heterocycles. The predicted molar refractivity (Wildman–Crippen MR) is 79.6 cm³/mol. The first-order valence-corrected chi connectivity index (χ1v) is 7.86. The van der Waals surface area contributed by atoms with Gasteiger partial charge in [-0.3, -0.25) is 9.69 Å². The minimum absolute atomic E-state index is 0.121. The van der Waals surface area contributed by atoms with Crippen molar-refractivity contribution < 1.29 is 9.90 Å². The molecule has 0 saturated carbocycles. The molecular weight excluding hydrogens is 258 g/mol. The molecule has 1 N–H and O–H groups in total. The van der Waals surface area contributed by atoms with Gasteiger partial charge in [0, 0.05) is 30.6 Å². The lowest BCUT2D eigenvalue weighted by molar-refractivity contribution is -0.136. The Balaban J connectivity index is 2.03. The van der Waals surface area contributed by atoms with Crippen molar-refractivity contribution in [2.75, 3.05) is 18.8 Å². The van der Waals surface area contributed by atoms with Crippen LogP contribution in [0.25, 0.3) is 0 Å². The molecule has 104 valence electrons. The van der Waals surface area contributed by atoms with Crippen molar-refractivity contribution in [1.29, 1.82) is 0 Å². The first kappa shape index (κ1) is 14.4. The zero-order chi connectivity index (χ0) is 13.7. The van der Waals surface area contributed by atoms with Crippen LogP contribution in [0.2, 0.25) is 0 Å². The fourth-order valence-electron chi connectivity index (χ4n) is 2.46. The number of thioether (sulfide) groups is 1. The SMILES string of the molecule is CCC1CN(Cc2ccccc2CC(=O)O)CCS1. The topological polar surface area (TPSA) is 40.5 Å². The molecule has 1 atom stereocenters. The molecule has 1 heterocycles. The Morgan fingerprint density at radius 2 is 2.16 bits per heavy atom. The number of nitrogens with zero attached hydrogens (tertiary/aromatic N) is 1. The third kappa shape index (κ3) is 4.25. The summed E-state index contributed by atoms with van der Waals surface area (Å²) in [6.45, 7) is 5.32. The van der Waals surface area contributed by atoms with Crippen molar-refractivity contribution in [3.63, 3.8) is 0 Å². The first-order chi connectivity index (χ1) is 9.19. The molecule has 1 aromatic rings. The van der Waals surface area contributed by atoms with Crippen molar-refractivity contribution in [3.8, 4) is 0 Å². The molecule has 0 radical (unpaired) electrons. The Bertz CT molecular complexity index is 436. The van der Waals surface area contributed by atoms with Crippen LogP contribution in [0.4, 0.5) is 0 Å². The quantitative estimate of drug-likeness (QED) is 0.899. The van der Waals surface area contributed by atoms with Crippen LogP contribution < -0.4 is 0 Å². The molecule has 2 rings (SSSR count). The summed E-state index contributed by atoms with van der Waals surface area (Å²) in [7, 11) is 0. The van der Waals surface area contributed by atoms with Gasteiger partial charge in [-0.2, -0.15) is 11.8 Å². The van der Waals surface area contributed by atoms with Crippen LogP contribution in [0.15, 0.2) is 24.3 Å². The van der Waals surface area contributed by atoms with Crippen molar-refractivity contribution in [1.82, 2.24) is 4.90 Å². The monoisotopic (exact) mass is 279 g/mol. The summed E-state index contributed by atoms with van der Waals surface area (Å²) in [6.07, 6.45) is 1.33. The summed E-state index contributed by atoms with van der Waals surface area (Å²) >= 11 is 2.06. The number of carboxylic acid groups (broad SMARTS) is 1. The van der Waals surface area contributed by atoms with Gasteiger partial charge in [0.25, 0.3) is 0 Å². The largest absolute Gasteiger partial charge is 0.481 e. The second-order valence-corrected chi connectivity index (χ2v) is 6.38. The summed E-state index contributed by atoms with van der Waals surface area (Å²) in [5, 5.41) is 9.68. The van der Waals surface area contributed by atoms with Crippen LogP contribution in [0.3, 0.4) is 0 Å². The highest BCUT2D eigenvalue weighted by Crippen LogP contribution is 2.23. The molecule has 1 aromatic carbocycles. The average molecular weight is 279 g/mol. The maximum atomic E-state index is 10.9. The van der Waals surface area contributed by atoms with Gasteiger partial charge in [0.1, 0.15) is 0 Å². The van der Waals surface area contributed by atoms with Crippen LogP contribution in [-0.2, 0) is 17.8 Å². The van der Waals surface area contributed by atoms with E-state index in [1.54, 1.807) is 0 Å². The van der Waals surface area contributed by atoms with Crippen LogP contribution in [0, 0.1) is 0 Å². The lowest BCUT2D eigenvalue weighted by atomic mass is 10.0. The predicted octanol–water partition coefficient (Wildman–Crippen LogP) is 2.64. The first-order valence-electron chi connectivity index (χ1n) is 6.81. The number of carbonyl (C=O) groups is 1. The maximum Gasteiger partial charge on any atom is 0.307 e. The lowest BCUT2D eigenvalue weighted by Gasteiger charge is -2.32. The Kier molecular flexibility index (Phi) is 5.28. The van der Waals surface area contributed by atoms with E-state index in [9.17, 15) is 4.79 Å². The van der Waals surface area contributed by atoms with E-state index in [1.807, 2.05) is 18.2 Å². The number of carboxylic acids is 1. The minimum Gasteiger partial charge on any atom is -0.481 e. The molecule has 19 heavy (non-hydrogen) atoms. The normalized spacial score (nSPS) is 20.4. The number of hydrogen-bond acceptors (Lipinski definition) is 3. The zero-order valence-electron chi connectivity index (χ0n) is 11.3. The molecule has 3 nitrogen and oxygen atoms in total. The van der Waals surface area contributed by atoms with Gasteiger partial charge in [0.05, 0.1) is 6.42 Å². The van der Waals surface area contributed by atoms with Gasteiger partial charge in [0.15, 0.2) is 0 Å². The van der Waals surface area contributed by atoms with E-state index >= 15 is 0 Å². The van der Waals surface area contributed by atoms with E-state index in [-0.39, 0.29) is 6.42 Å². The average Bonchev–Trinajstić information content (AvgIpc) is 2.41. The Morgan fingerprint density at radius 1 is 1.42 bits per heavy atom. The molecule has 0 aromatic heterocycles. The smallest absolute Gasteiger partial charge is 0.307 e. The Labute approximate surface area is 119 Å². The Morgan fingerprint density at radius 3 is 2.84 bits per heavy atom. The third-order valence-electron chi connectivity index (χ3n) is 3.53. The standard InChI is InChI=1S/C15H21NO2S/c1-2-14-11-16(7-8-19-14)10-13-6-4-3-5-12(13)9-15(17)18/h3-6,14H,2,7-11H2,1H3,(H,17,18). The molecule has 1 fully saturated rings. The molecule has 0 amide bonds. The van der Waals surface area contributed by atoms with Crippen LogP contribution in [0.1, 0.15) is 24.5 Å². The summed E-state index contributed by atoms with van der Waals surface area (Å²) in [4.78, 5) is 13.3. The summed E-state index contributed by atoms with van der Waals surface area (Å²) in [5.74, 6) is 0.424. The van der Waals surface area contributed by atoms with E-state index < -0.39 is 5.97 Å². The third-order valence-corrected chi connectivity index (χ3v) is 4.90. The second kappa shape index (κ2) is 6.96. The summed E-state index contributed by atoms with van der Waals surface area (Å²) in [6, 6.07) is 7.90. The van der Waals surface area contributed by atoms with Crippen molar-refractivity contribution >= 4 is 17.7 Å². The fraction of sp³-hybridized carbons (Fsp3) is 0.533. The Hall–Kier alpha value is -1.00. The highest BCUT2D eigenvalue weighted by atomic mass is 32.2. The van der Waals surface area contributed by atoms with E-state index in [0.717, 1.165) is 36.0 Å². The van der Waals surface area contributed by atoms with Crippen LogP contribution in [0.5, 0.6) is 0 Å². The van der Waals surface area contributed by atoms with Crippen LogP contribution in [-0.4, -0.2) is 40.1 Å². The highest BCUT2D eigenvalue weighted by molar-refractivity contribution is 8.00. The van der Waals surface area contributed by atoms with Crippen LogP contribution >= 0.6 is 11.8 Å². The van der Waals surface area contributed by atoms with Gasteiger partial charge in [-0.1, -0.05) is 31.2 Å². The number of aliphatic carboxylic acids is 1. The number of hydrogen-bond donors (Lipinski definition) is 1. The molecule has 1 saturated heterocycles. The number of benzene rings is 1. The van der Waals surface area contributed by atoms with E-state index in [2.05, 4.69) is 29.7 Å². The molecule has 1 unspecified atom stereocenters. The van der Waals surface area contributed by atoms with Gasteiger partial charge in [-0.25, -0.2) is 0 Å². The molecular formula is C15H21NO2S. The van der Waals surface area contributed by atoms with Crippen molar-refractivity contribution in [2.24, 2.45) is 0 Å². The van der Waals surface area contributed by atoms with E-state index in [0.29, 0.717) is 0 Å².